The molecule has 4 atom stereocenters. The lowest BCUT2D eigenvalue weighted by molar-refractivity contribution is -0.144. The van der Waals surface area contributed by atoms with E-state index in [1.165, 1.54) is 14.2 Å². The summed E-state index contributed by atoms with van der Waals surface area (Å²) >= 11 is 0. The maximum absolute atomic E-state index is 13.4. The van der Waals surface area contributed by atoms with Gasteiger partial charge in [-0.25, -0.2) is 4.98 Å². The zero-order valence-corrected chi connectivity index (χ0v) is 32.1. The quantitative estimate of drug-likeness (QED) is 0.119. The Labute approximate surface area is 332 Å². The van der Waals surface area contributed by atoms with Gasteiger partial charge in [-0.1, -0.05) is 60.7 Å². The van der Waals surface area contributed by atoms with Crippen LogP contribution in [0.1, 0.15) is 61.9 Å². The zero-order chi connectivity index (χ0) is 39.7. The summed E-state index contributed by atoms with van der Waals surface area (Å²) in [5.74, 6) is 0.381. The first-order valence-electron chi connectivity index (χ1n) is 19.3. The monoisotopic (exact) mass is 769 g/mol. The molecule has 0 bridgehead atoms. The molecule has 7 rings (SSSR count). The molecule has 2 aliphatic rings. The molecule has 4 amide bonds. The van der Waals surface area contributed by atoms with Gasteiger partial charge in [0, 0.05) is 74.7 Å². The Hall–Kier alpha value is -6.11. The van der Waals surface area contributed by atoms with E-state index in [4.69, 9.17) is 13.9 Å². The molecule has 1 aromatic heterocycles. The highest BCUT2D eigenvalue weighted by molar-refractivity contribution is 5.93. The summed E-state index contributed by atoms with van der Waals surface area (Å²) in [5, 5.41) is 5.92. The van der Waals surface area contributed by atoms with Gasteiger partial charge in [0.1, 0.15) is 0 Å². The number of nitrogens with zero attached hydrogens (tertiary/aromatic N) is 3. The third kappa shape index (κ3) is 9.31. The Morgan fingerprint density at radius 1 is 0.649 bits per heavy atom. The molecular weight excluding hydrogens is 723 g/mol. The van der Waals surface area contributed by atoms with E-state index in [9.17, 15) is 19.2 Å². The number of nitrogens with one attached hydrogen (secondary N) is 2. The maximum Gasteiger partial charge on any atom is 0.256 e. The lowest BCUT2D eigenvalue weighted by Gasteiger charge is -2.28. The van der Waals surface area contributed by atoms with E-state index in [1.807, 2.05) is 84.9 Å². The van der Waals surface area contributed by atoms with E-state index in [0.29, 0.717) is 36.1 Å². The van der Waals surface area contributed by atoms with Crippen LogP contribution in [0.3, 0.4) is 0 Å². The summed E-state index contributed by atoms with van der Waals surface area (Å²) < 4.78 is 17.2. The summed E-state index contributed by atoms with van der Waals surface area (Å²) in [7, 11) is 3.06. The number of ether oxygens (including phenoxy) is 2. The van der Waals surface area contributed by atoms with Crippen LogP contribution in [0.5, 0.6) is 0 Å². The normalized spacial score (nSPS) is 17.6. The van der Waals surface area contributed by atoms with Crippen molar-refractivity contribution in [1.82, 2.24) is 14.8 Å². The fourth-order valence-electron chi connectivity index (χ4n) is 7.80. The second-order valence-corrected chi connectivity index (χ2v) is 14.4. The second-order valence-electron chi connectivity index (χ2n) is 14.4. The number of benzene rings is 4. The molecule has 12 nitrogen and oxygen atoms in total. The van der Waals surface area contributed by atoms with E-state index in [2.05, 4.69) is 15.6 Å². The summed E-state index contributed by atoms with van der Waals surface area (Å²) in [5.41, 5.74) is 4.36. The van der Waals surface area contributed by atoms with Crippen LogP contribution in [0.4, 0.5) is 11.4 Å². The molecule has 2 N–H and O–H groups in total. The van der Waals surface area contributed by atoms with Crippen LogP contribution in [0, 0.1) is 0 Å². The van der Waals surface area contributed by atoms with Gasteiger partial charge in [-0.3, -0.25) is 19.2 Å². The predicted molar refractivity (Wildman–Crippen MR) is 216 cm³/mol. The molecule has 0 unspecified atom stereocenters. The molecule has 0 saturated carbocycles. The van der Waals surface area contributed by atoms with Crippen molar-refractivity contribution in [1.29, 1.82) is 0 Å². The Kier molecular flexibility index (Phi) is 12.5. The van der Waals surface area contributed by atoms with Crippen LogP contribution in [0.2, 0.25) is 0 Å². The molecule has 2 aliphatic heterocycles. The minimum atomic E-state index is -0.708. The first kappa shape index (κ1) is 39.1. The summed E-state index contributed by atoms with van der Waals surface area (Å²) in [6.07, 6.45) is 3.78. The number of carbonyl (C=O) groups is 4. The number of likely N-dealkylation sites (tertiary alicyclic amines) is 2. The number of hydrogen-bond donors (Lipinski definition) is 2. The largest absolute Gasteiger partial charge is 0.436 e. The number of oxazole rings is 1. The van der Waals surface area contributed by atoms with E-state index in [1.54, 1.807) is 40.3 Å². The van der Waals surface area contributed by atoms with E-state index in [0.717, 1.165) is 47.9 Å². The minimum absolute atomic E-state index is 0.129. The Morgan fingerprint density at radius 3 is 1.53 bits per heavy atom. The number of rotatable bonds is 14. The molecule has 0 aliphatic carbocycles. The van der Waals surface area contributed by atoms with Crippen molar-refractivity contribution in [2.45, 2.75) is 62.8 Å². The first-order chi connectivity index (χ1) is 27.8. The smallest absolute Gasteiger partial charge is 0.256 e. The molecule has 3 heterocycles. The van der Waals surface area contributed by atoms with Gasteiger partial charge < -0.3 is 34.3 Å². The van der Waals surface area contributed by atoms with Crippen LogP contribution < -0.4 is 10.6 Å². The maximum atomic E-state index is 13.4. The lowest BCUT2D eigenvalue weighted by Crippen LogP contribution is -2.41. The van der Waals surface area contributed by atoms with Crippen LogP contribution >= 0.6 is 0 Å². The fourth-order valence-corrected chi connectivity index (χ4v) is 7.80. The Balaban J connectivity index is 0.900. The predicted octanol–water partition coefficient (Wildman–Crippen LogP) is 7.42. The summed E-state index contributed by atoms with van der Waals surface area (Å²) in [6, 6.07) is 32.9. The van der Waals surface area contributed by atoms with E-state index < -0.39 is 12.2 Å². The van der Waals surface area contributed by atoms with Crippen molar-refractivity contribution in [3.63, 3.8) is 0 Å². The van der Waals surface area contributed by atoms with Crippen molar-refractivity contribution < 1.29 is 33.1 Å². The highest BCUT2D eigenvalue weighted by atomic mass is 16.5. The van der Waals surface area contributed by atoms with Crippen LogP contribution in [0.25, 0.3) is 22.8 Å². The van der Waals surface area contributed by atoms with Crippen LogP contribution in [-0.4, -0.2) is 77.8 Å². The molecule has 0 radical (unpaired) electrons. The number of amides is 4. The Bertz CT molecular complexity index is 1990. The van der Waals surface area contributed by atoms with Gasteiger partial charge >= 0.3 is 0 Å². The van der Waals surface area contributed by atoms with Gasteiger partial charge in [0.15, 0.2) is 18.0 Å². The SMILES string of the molecule is CO[C@@H](C(=O)N1CCC[C@H]1CC(=O)Nc1ccc(-c2cnc(-c3ccc(NC(=O)C[C@@H]4CCCN4C(=O)[C@H](OC)c4ccccc4)cc3)o2)cc1)c1ccccc1. The van der Waals surface area contributed by atoms with E-state index >= 15 is 0 Å². The van der Waals surface area contributed by atoms with Gasteiger partial charge in [-0.15, -0.1) is 0 Å². The minimum Gasteiger partial charge on any atom is -0.436 e. The molecule has 4 aromatic carbocycles. The molecular formula is C45H47N5O7. The van der Waals surface area contributed by atoms with Gasteiger partial charge in [0.25, 0.3) is 11.8 Å². The van der Waals surface area contributed by atoms with Crippen molar-refractivity contribution in [3.05, 3.63) is 127 Å². The van der Waals surface area contributed by atoms with Crippen LogP contribution in [-0.2, 0) is 28.7 Å². The summed E-state index contributed by atoms with van der Waals surface area (Å²) in [6.45, 7) is 1.18. The molecule has 2 saturated heterocycles. The van der Waals surface area contributed by atoms with Crippen molar-refractivity contribution in [2.75, 3.05) is 37.9 Å². The van der Waals surface area contributed by atoms with E-state index in [-0.39, 0.29) is 48.6 Å². The van der Waals surface area contributed by atoms with Crippen molar-refractivity contribution in [3.8, 4) is 22.8 Å². The molecule has 12 heteroatoms. The molecule has 0 spiro atoms. The third-order valence-electron chi connectivity index (χ3n) is 10.7. The Morgan fingerprint density at radius 2 is 1.09 bits per heavy atom. The van der Waals surface area contributed by atoms with Crippen molar-refractivity contribution in [2.24, 2.45) is 0 Å². The van der Waals surface area contributed by atoms with Crippen LogP contribution in [0.15, 0.2) is 120 Å². The number of aromatic nitrogens is 1. The standard InChI is InChI=1S/C45H47N5O7/c1-55-41(31-11-5-3-6-12-31)44(53)49-25-9-15-36(49)27-39(51)47-34-21-17-30(18-22-34)38-29-46-43(57-38)33-19-23-35(24-20-33)48-40(52)28-37-16-10-26-50(37)45(54)42(56-2)32-13-7-4-8-14-32/h3-8,11-14,17-24,29,36-37,41-42H,9-10,15-16,25-28H2,1-2H3,(H,47,51)(H,48,52)/t36-,37-,41+,42+/m0/s1. The van der Waals surface area contributed by atoms with Gasteiger partial charge in [-0.2, -0.15) is 0 Å². The topological polar surface area (TPSA) is 143 Å². The summed E-state index contributed by atoms with van der Waals surface area (Å²) in [4.78, 5) is 61.0. The third-order valence-corrected chi connectivity index (χ3v) is 10.7. The zero-order valence-electron chi connectivity index (χ0n) is 32.1. The second kappa shape index (κ2) is 18.2. The number of hydrogen-bond acceptors (Lipinski definition) is 8. The molecule has 57 heavy (non-hydrogen) atoms. The number of methoxy groups -OCH3 is 2. The average molecular weight is 770 g/mol. The molecule has 5 aromatic rings. The van der Waals surface area contributed by atoms with Gasteiger partial charge in [0.2, 0.25) is 17.7 Å². The van der Waals surface area contributed by atoms with Gasteiger partial charge in [-0.05, 0) is 85.3 Å². The number of carbonyl (C=O) groups excluding carboxylic acids is 4. The highest BCUT2D eigenvalue weighted by Gasteiger charge is 2.36. The first-order valence-corrected chi connectivity index (χ1v) is 19.3. The lowest BCUT2D eigenvalue weighted by atomic mass is 10.1. The van der Waals surface area contributed by atoms with Gasteiger partial charge in [0.05, 0.1) is 6.20 Å². The highest BCUT2D eigenvalue weighted by Crippen LogP contribution is 2.31. The fraction of sp³-hybridized carbons (Fsp3) is 0.311. The average Bonchev–Trinajstić information content (AvgIpc) is 4.02. The molecule has 2 fully saturated rings. The van der Waals surface area contributed by atoms with Crippen molar-refractivity contribution >= 4 is 35.0 Å². The molecule has 294 valence electrons. The number of anilines is 2.